The summed E-state index contributed by atoms with van der Waals surface area (Å²) in [7, 11) is -3.58. The molecule has 2 fully saturated rings. The molecule has 2 saturated carbocycles. The standard InChI is InChI=1S/C18H26N2O3S/c1-12(21)19-14-5-7-15(8-6-14)24(22,23)20-16-17(2,3)13-9-10-18(16,4)11-13/h5-8,13,16,20H,9-11H2,1-4H3,(H,19,21)/t13-,16-,18+/m1/s1. The number of carbonyl (C=O) groups is 1. The Morgan fingerprint density at radius 2 is 1.79 bits per heavy atom. The van der Waals surface area contributed by atoms with Crippen LogP contribution in [-0.4, -0.2) is 20.4 Å². The van der Waals surface area contributed by atoms with Gasteiger partial charge in [0.15, 0.2) is 0 Å². The Labute approximate surface area is 144 Å². The van der Waals surface area contributed by atoms with E-state index in [1.54, 1.807) is 12.1 Å². The number of carbonyl (C=O) groups excluding carboxylic acids is 1. The minimum Gasteiger partial charge on any atom is -0.326 e. The Bertz CT molecular complexity index is 750. The molecule has 1 amide bonds. The van der Waals surface area contributed by atoms with Crippen molar-refractivity contribution >= 4 is 21.6 Å². The monoisotopic (exact) mass is 350 g/mol. The molecule has 0 aromatic heterocycles. The minimum atomic E-state index is -3.58. The molecule has 3 rings (SSSR count). The molecule has 3 atom stereocenters. The number of amides is 1. The summed E-state index contributed by atoms with van der Waals surface area (Å²) in [6.45, 7) is 7.98. The van der Waals surface area contributed by atoms with Crippen LogP contribution in [0.5, 0.6) is 0 Å². The van der Waals surface area contributed by atoms with Crippen LogP contribution in [0.3, 0.4) is 0 Å². The van der Waals surface area contributed by atoms with E-state index in [1.165, 1.54) is 25.5 Å². The third kappa shape index (κ3) is 2.86. The van der Waals surface area contributed by atoms with Crippen LogP contribution < -0.4 is 10.0 Å². The van der Waals surface area contributed by atoms with Gasteiger partial charge in [-0.2, -0.15) is 0 Å². The number of fused-ring (bicyclic) bond motifs is 2. The first-order valence-corrected chi connectivity index (χ1v) is 9.93. The summed E-state index contributed by atoms with van der Waals surface area (Å²) >= 11 is 0. The smallest absolute Gasteiger partial charge is 0.240 e. The number of hydrogen-bond donors (Lipinski definition) is 2. The van der Waals surface area contributed by atoms with E-state index in [0.29, 0.717) is 11.6 Å². The number of sulfonamides is 1. The summed E-state index contributed by atoms with van der Waals surface area (Å²) in [6.07, 6.45) is 3.36. The highest BCUT2D eigenvalue weighted by molar-refractivity contribution is 7.89. The van der Waals surface area contributed by atoms with Gasteiger partial charge in [0.2, 0.25) is 15.9 Å². The first-order chi connectivity index (χ1) is 11.0. The van der Waals surface area contributed by atoms with Crippen LogP contribution in [0.1, 0.15) is 47.0 Å². The Hall–Kier alpha value is -1.40. The van der Waals surface area contributed by atoms with Gasteiger partial charge in [0.1, 0.15) is 0 Å². The van der Waals surface area contributed by atoms with Crippen LogP contribution in [0.25, 0.3) is 0 Å². The molecule has 0 aliphatic heterocycles. The van der Waals surface area contributed by atoms with E-state index in [0.717, 1.165) is 12.8 Å². The summed E-state index contributed by atoms with van der Waals surface area (Å²) in [5.41, 5.74) is 0.599. The predicted molar refractivity (Wildman–Crippen MR) is 94.1 cm³/mol. The number of benzene rings is 1. The normalized spacial score (nSPS) is 31.2. The highest BCUT2D eigenvalue weighted by Crippen LogP contribution is 2.62. The Kier molecular flexibility index (Phi) is 4.04. The van der Waals surface area contributed by atoms with Crippen LogP contribution in [0.2, 0.25) is 0 Å². The highest BCUT2D eigenvalue weighted by atomic mass is 32.2. The average Bonchev–Trinajstić information content (AvgIpc) is 2.95. The molecule has 6 heteroatoms. The van der Waals surface area contributed by atoms with Gasteiger partial charge in [0.25, 0.3) is 0 Å². The molecule has 2 aliphatic rings. The molecule has 0 radical (unpaired) electrons. The second kappa shape index (κ2) is 5.56. The van der Waals surface area contributed by atoms with Crippen molar-refractivity contribution in [3.63, 3.8) is 0 Å². The van der Waals surface area contributed by atoms with Crippen molar-refractivity contribution in [1.29, 1.82) is 0 Å². The maximum absolute atomic E-state index is 12.8. The molecular weight excluding hydrogens is 324 g/mol. The molecule has 2 N–H and O–H groups in total. The molecule has 2 bridgehead atoms. The second-order valence-corrected chi connectivity index (χ2v) is 9.89. The summed E-state index contributed by atoms with van der Waals surface area (Å²) in [6, 6.07) is 6.25. The van der Waals surface area contributed by atoms with E-state index in [9.17, 15) is 13.2 Å². The van der Waals surface area contributed by atoms with Crippen molar-refractivity contribution in [2.75, 3.05) is 5.32 Å². The SMILES string of the molecule is CC(=O)Nc1ccc(S(=O)(=O)N[C@@H]2C(C)(C)[C@@H]3CC[C@@]2(C)C3)cc1. The van der Waals surface area contributed by atoms with Gasteiger partial charge in [-0.25, -0.2) is 13.1 Å². The summed E-state index contributed by atoms with van der Waals surface area (Å²) in [5.74, 6) is 0.401. The maximum atomic E-state index is 12.8. The largest absolute Gasteiger partial charge is 0.326 e. The Morgan fingerprint density at radius 3 is 2.29 bits per heavy atom. The average molecular weight is 350 g/mol. The van der Waals surface area contributed by atoms with E-state index < -0.39 is 10.0 Å². The summed E-state index contributed by atoms with van der Waals surface area (Å²) < 4.78 is 28.6. The number of anilines is 1. The van der Waals surface area contributed by atoms with Crippen LogP contribution >= 0.6 is 0 Å². The zero-order valence-electron chi connectivity index (χ0n) is 14.7. The lowest BCUT2D eigenvalue weighted by molar-refractivity contribution is -0.114. The van der Waals surface area contributed by atoms with E-state index in [4.69, 9.17) is 0 Å². The summed E-state index contributed by atoms with van der Waals surface area (Å²) in [5, 5.41) is 2.64. The van der Waals surface area contributed by atoms with Gasteiger partial charge in [-0.1, -0.05) is 20.8 Å². The van der Waals surface area contributed by atoms with E-state index in [2.05, 4.69) is 30.8 Å². The second-order valence-electron chi connectivity index (χ2n) is 8.17. The molecule has 2 aliphatic carbocycles. The number of rotatable bonds is 4. The molecule has 1 aromatic carbocycles. The van der Waals surface area contributed by atoms with Crippen LogP contribution in [0.4, 0.5) is 5.69 Å². The van der Waals surface area contributed by atoms with Crippen molar-refractivity contribution in [2.45, 2.75) is 57.9 Å². The van der Waals surface area contributed by atoms with Gasteiger partial charge in [0.05, 0.1) is 4.90 Å². The number of nitrogens with one attached hydrogen (secondary N) is 2. The molecule has 5 nitrogen and oxygen atoms in total. The Balaban J connectivity index is 1.83. The topological polar surface area (TPSA) is 75.3 Å². The van der Waals surface area contributed by atoms with Crippen LogP contribution in [0.15, 0.2) is 29.2 Å². The van der Waals surface area contributed by atoms with Crippen molar-refractivity contribution in [3.05, 3.63) is 24.3 Å². The molecule has 24 heavy (non-hydrogen) atoms. The molecule has 132 valence electrons. The lowest BCUT2D eigenvalue weighted by Crippen LogP contribution is -2.52. The fourth-order valence-electron chi connectivity index (χ4n) is 4.74. The zero-order valence-corrected chi connectivity index (χ0v) is 15.5. The first-order valence-electron chi connectivity index (χ1n) is 8.45. The molecule has 0 unspecified atom stereocenters. The fraction of sp³-hybridized carbons (Fsp3) is 0.611. The molecule has 0 spiro atoms. The van der Waals surface area contributed by atoms with Gasteiger partial charge in [0, 0.05) is 18.7 Å². The third-order valence-electron chi connectivity index (χ3n) is 6.03. The van der Waals surface area contributed by atoms with E-state index in [-0.39, 0.29) is 27.7 Å². The van der Waals surface area contributed by atoms with Gasteiger partial charge in [-0.15, -0.1) is 0 Å². The first kappa shape index (κ1) is 17.4. The van der Waals surface area contributed by atoms with E-state index in [1.807, 2.05) is 0 Å². The third-order valence-corrected chi connectivity index (χ3v) is 7.47. The van der Waals surface area contributed by atoms with Crippen molar-refractivity contribution in [1.82, 2.24) is 4.72 Å². The molecular formula is C18H26N2O3S. The molecule has 0 saturated heterocycles. The fourth-order valence-corrected chi connectivity index (χ4v) is 6.27. The maximum Gasteiger partial charge on any atom is 0.240 e. The molecule has 1 aromatic rings. The zero-order chi connectivity index (χ0) is 17.8. The minimum absolute atomic E-state index is 0.0316. The number of hydrogen-bond acceptors (Lipinski definition) is 3. The highest BCUT2D eigenvalue weighted by Gasteiger charge is 2.60. The lowest BCUT2D eigenvalue weighted by atomic mass is 9.69. The summed E-state index contributed by atoms with van der Waals surface area (Å²) in [4.78, 5) is 11.3. The van der Waals surface area contributed by atoms with Crippen molar-refractivity contribution in [3.8, 4) is 0 Å². The van der Waals surface area contributed by atoms with E-state index >= 15 is 0 Å². The lowest BCUT2D eigenvalue weighted by Gasteiger charge is -2.42. The van der Waals surface area contributed by atoms with Gasteiger partial charge in [-0.3, -0.25) is 4.79 Å². The Morgan fingerprint density at radius 1 is 1.17 bits per heavy atom. The van der Waals surface area contributed by atoms with Crippen molar-refractivity contribution < 1.29 is 13.2 Å². The van der Waals surface area contributed by atoms with Gasteiger partial charge < -0.3 is 5.32 Å². The quantitative estimate of drug-likeness (QED) is 0.876. The van der Waals surface area contributed by atoms with Crippen molar-refractivity contribution in [2.24, 2.45) is 16.7 Å². The van der Waals surface area contributed by atoms with Crippen LogP contribution in [-0.2, 0) is 14.8 Å². The van der Waals surface area contributed by atoms with Gasteiger partial charge in [-0.05, 0) is 60.3 Å². The molecule has 0 heterocycles. The van der Waals surface area contributed by atoms with Crippen LogP contribution in [0, 0.1) is 16.7 Å². The predicted octanol–water partition coefficient (Wildman–Crippen LogP) is 3.14. The van der Waals surface area contributed by atoms with Gasteiger partial charge >= 0.3 is 0 Å².